The highest BCUT2D eigenvalue weighted by molar-refractivity contribution is 5.85. The van der Waals surface area contributed by atoms with Crippen molar-refractivity contribution in [3.8, 4) is 0 Å². The van der Waals surface area contributed by atoms with Crippen LogP contribution in [-0.4, -0.2) is 31.8 Å². The molecule has 0 unspecified atom stereocenters. The van der Waals surface area contributed by atoms with E-state index in [1.165, 1.54) is 18.5 Å². The molecule has 28 heavy (non-hydrogen) atoms. The Bertz CT molecular complexity index is 955. The number of fused-ring (bicyclic) bond motifs is 2. The largest absolute Gasteiger partial charge is 0.349 e. The number of imidazole rings is 1. The average Bonchev–Trinajstić information content (AvgIpc) is 3.32. The Morgan fingerprint density at radius 1 is 1.25 bits per heavy atom. The topological polar surface area (TPSA) is 76.8 Å². The van der Waals surface area contributed by atoms with Gasteiger partial charge in [0.25, 0.3) is 0 Å². The number of hydrogen-bond acceptors (Lipinski definition) is 4. The maximum atomic E-state index is 12.6. The Morgan fingerprint density at radius 2 is 2.07 bits per heavy atom. The molecule has 0 atom stereocenters. The predicted octanol–water partition coefficient (Wildman–Crippen LogP) is 2.37. The molecule has 0 radical (unpaired) electrons. The van der Waals surface area contributed by atoms with Gasteiger partial charge in [0, 0.05) is 19.0 Å². The summed E-state index contributed by atoms with van der Waals surface area (Å²) in [5.41, 5.74) is 4.09. The van der Waals surface area contributed by atoms with Gasteiger partial charge in [-0.2, -0.15) is 5.10 Å². The molecule has 2 aromatic heterocycles. The summed E-state index contributed by atoms with van der Waals surface area (Å²) >= 11 is 0. The summed E-state index contributed by atoms with van der Waals surface area (Å²) in [5.74, 6) is 1.55. The monoisotopic (exact) mass is 422 g/mol. The Hall–Kier alpha value is -2.09. The third kappa shape index (κ3) is 4.01. The minimum Gasteiger partial charge on any atom is -0.349 e. The molecule has 2 N–H and O–H groups in total. The summed E-state index contributed by atoms with van der Waals surface area (Å²) in [5, 5.41) is 10.9. The van der Waals surface area contributed by atoms with Crippen LogP contribution in [0.4, 0.5) is 0 Å². The Labute approximate surface area is 175 Å². The molecule has 3 heterocycles. The molecule has 0 bridgehead atoms. The SMILES string of the molecule is Cl.Cl.O=C(Cn1c(C2CC2)nc2ccccc21)NCc1cc2n(n1)CCNC2. The first-order valence-electron chi connectivity index (χ1n) is 9.26. The number of halogens is 2. The number of para-hydroxylation sites is 2. The van der Waals surface area contributed by atoms with Crippen molar-refractivity contribution in [3.05, 3.63) is 47.5 Å². The molecule has 7 nitrogen and oxygen atoms in total. The first-order valence-corrected chi connectivity index (χ1v) is 9.26. The fourth-order valence-electron chi connectivity index (χ4n) is 3.64. The third-order valence-electron chi connectivity index (χ3n) is 5.12. The second-order valence-electron chi connectivity index (χ2n) is 7.12. The van der Waals surface area contributed by atoms with Gasteiger partial charge in [0.05, 0.1) is 35.5 Å². The van der Waals surface area contributed by atoms with E-state index >= 15 is 0 Å². The van der Waals surface area contributed by atoms with Gasteiger partial charge in [-0.1, -0.05) is 12.1 Å². The molecule has 1 fully saturated rings. The molecular formula is C19H24Cl2N6O. The number of benzene rings is 1. The quantitative estimate of drug-likeness (QED) is 0.661. The van der Waals surface area contributed by atoms with Crippen molar-refractivity contribution in [2.45, 2.75) is 44.9 Å². The van der Waals surface area contributed by atoms with E-state index in [9.17, 15) is 4.79 Å². The van der Waals surface area contributed by atoms with E-state index in [1.807, 2.05) is 28.9 Å². The van der Waals surface area contributed by atoms with Crippen molar-refractivity contribution >= 4 is 41.8 Å². The second kappa shape index (κ2) is 8.51. The van der Waals surface area contributed by atoms with Crippen LogP contribution in [0.25, 0.3) is 11.0 Å². The van der Waals surface area contributed by atoms with E-state index in [-0.39, 0.29) is 30.7 Å². The smallest absolute Gasteiger partial charge is 0.240 e. The van der Waals surface area contributed by atoms with Crippen LogP contribution in [0.5, 0.6) is 0 Å². The summed E-state index contributed by atoms with van der Waals surface area (Å²) in [6.07, 6.45) is 2.33. The molecule has 150 valence electrons. The standard InChI is InChI=1S/C19H22N6O.2ClH/c26-18(21-10-14-9-15-11-20-7-8-25(15)23-14)12-24-17-4-2-1-3-16(17)22-19(24)13-5-6-13;;/h1-4,9,13,20H,5-8,10-12H2,(H,21,26);2*1H. The maximum Gasteiger partial charge on any atom is 0.240 e. The summed E-state index contributed by atoms with van der Waals surface area (Å²) in [6, 6.07) is 10.1. The number of nitrogens with zero attached hydrogens (tertiary/aromatic N) is 4. The van der Waals surface area contributed by atoms with Crippen LogP contribution < -0.4 is 10.6 Å². The zero-order chi connectivity index (χ0) is 17.5. The van der Waals surface area contributed by atoms with Crippen LogP contribution in [0.15, 0.2) is 30.3 Å². The van der Waals surface area contributed by atoms with Crippen molar-refractivity contribution in [1.29, 1.82) is 0 Å². The highest BCUT2D eigenvalue weighted by Crippen LogP contribution is 2.40. The number of aromatic nitrogens is 4. The number of hydrogen-bond donors (Lipinski definition) is 2. The molecule has 2 aliphatic rings. The summed E-state index contributed by atoms with van der Waals surface area (Å²) < 4.78 is 4.09. The number of nitrogens with one attached hydrogen (secondary N) is 2. The van der Waals surface area contributed by atoms with Crippen LogP contribution >= 0.6 is 24.8 Å². The predicted molar refractivity (Wildman–Crippen MR) is 112 cm³/mol. The molecule has 1 aliphatic heterocycles. The maximum absolute atomic E-state index is 12.6. The van der Waals surface area contributed by atoms with E-state index in [0.29, 0.717) is 19.0 Å². The molecule has 1 aliphatic carbocycles. The first kappa shape index (κ1) is 20.6. The fourth-order valence-corrected chi connectivity index (χ4v) is 3.64. The molecule has 3 aromatic rings. The molecule has 0 spiro atoms. The molecule has 1 amide bonds. The van der Waals surface area contributed by atoms with Gasteiger partial charge >= 0.3 is 0 Å². The van der Waals surface area contributed by atoms with Crippen molar-refractivity contribution in [2.75, 3.05) is 6.54 Å². The number of amides is 1. The van der Waals surface area contributed by atoms with Gasteiger partial charge in [-0.3, -0.25) is 9.48 Å². The minimum absolute atomic E-state index is 0. The average molecular weight is 423 g/mol. The van der Waals surface area contributed by atoms with Crippen LogP contribution in [-0.2, 0) is 31.0 Å². The number of carbonyl (C=O) groups excluding carboxylic acids is 1. The van der Waals surface area contributed by atoms with E-state index in [1.54, 1.807) is 0 Å². The lowest BCUT2D eigenvalue weighted by Gasteiger charge is -2.13. The molecule has 1 aromatic carbocycles. The van der Waals surface area contributed by atoms with Crippen molar-refractivity contribution in [1.82, 2.24) is 30.0 Å². The molecule has 1 saturated carbocycles. The van der Waals surface area contributed by atoms with Crippen molar-refractivity contribution in [2.24, 2.45) is 0 Å². The van der Waals surface area contributed by atoms with Gasteiger partial charge in [0.2, 0.25) is 5.91 Å². The van der Waals surface area contributed by atoms with Gasteiger partial charge in [-0.25, -0.2) is 4.98 Å². The lowest BCUT2D eigenvalue weighted by molar-refractivity contribution is -0.121. The van der Waals surface area contributed by atoms with Crippen LogP contribution in [0.1, 0.15) is 36.0 Å². The third-order valence-corrected chi connectivity index (χ3v) is 5.12. The molecule has 0 saturated heterocycles. The highest BCUT2D eigenvalue weighted by Gasteiger charge is 2.30. The lowest BCUT2D eigenvalue weighted by atomic mass is 10.3. The Morgan fingerprint density at radius 3 is 2.86 bits per heavy atom. The Balaban J connectivity index is 0.00000112. The summed E-state index contributed by atoms with van der Waals surface area (Å²) in [4.78, 5) is 17.3. The normalized spacial score (nSPS) is 15.4. The van der Waals surface area contributed by atoms with Crippen molar-refractivity contribution < 1.29 is 4.79 Å². The molecular weight excluding hydrogens is 399 g/mol. The highest BCUT2D eigenvalue weighted by atomic mass is 35.5. The Kier molecular flexibility index (Phi) is 6.27. The minimum atomic E-state index is -0.000787. The van der Waals surface area contributed by atoms with Crippen LogP contribution in [0, 0.1) is 0 Å². The van der Waals surface area contributed by atoms with Crippen LogP contribution in [0.2, 0.25) is 0 Å². The number of carbonyl (C=O) groups is 1. The van der Waals surface area contributed by atoms with E-state index in [0.717, 1.165) is 42.2 Å². The van der Waals surface area contributed by atoms with E-state index < -0.39 is 0 Å². The second-order valence-corrected chi connectivity index (χ2v) is 7.12. The first-order chi connectivity index (χ1) is 12.8. The van der Waals surface area contributed by atoms with Gasteiger partial charge in [0.1, 0.15) is 12.4 Å². The summed E-state index contributed by atoms with van der Waals surface area (Å²) in [7, 11) is 0. The van der Waals surface area contributed by atoms with Crippen molar-refractivity contribution in [3.63, 3.8) is 0 Å². The number of rotatable bonds is 5. The van der Waals surface area contributed by atoms with Gasteiger partial charge in [-0.05, 0) is 31.0 Å². The van der Waals surface area contributed by atoms with Gasteiger partial charge in [-0.15, -0.1) is 24.8 Å². The van der Waals surface area contributed by atoms with Crippen LogP contribution in [0.3, 0.4) is 0 Å². The molecule has 5 rings (SSSR count). The zero-order valence-corrected chi connectivity index (χ0v) is 17.1. The van der Waals surface area contributed by atoms with Gasteiger partial charge < -0.3 is 15.2 Å². The lowest BCUT2D eigenvalue weighted by Crippen LogP contribution is -2.28. The zero-order valence-electron chi connectivity index (χ0n) is 15.4. The summed E-state index contributed by atoms with van der Waals surface area (Å²) in [6.45, 7) is 3.44. The van der Waals surface area contributed by atoms with E-state index in [4.69, 9.17) is 4.98 Å². The fraction of sp³-hybridized carbons (Fsp3) is 0.421. The molecule has 9 heteroatoms. The van der Waals surface area contributed by atoms with Gasteiger partial charge in [0.15, 0.2) is 0 Å². The van der Waals surface area contributed by atoms with E-state index in [2.05, 4.69) is 26.4 Å².